The SMILES string of the molecule is Cc1ccc(C#N)c(S(C)(=O)=O)n1. The number of aromatic nitrogens is 1. The first-order chi connectivity index (χ1) is 5.95. The van der Waals surface area contributed by atoms with E-state index in [9.17, 15) is 8.42 Å². The van der Waals surface area contributed by atoms with Crippen LogP contribution in [-0.2, 0) is 9.84 Å². The van der Waals surface area contributed by atoms with E-state index in [0.29, 0.717) is 5.69 Å². The van der Waals surface area contributed by atoms with E-state index in [1.807, 2.05) is 0 Å². The molecule has 0 fully saturated rings. The van der Waals surface area contributed by atoms with Crippen LogP contribution >= 0.6 is 0 Å². The van der Waals surface area contributed by atoms with E-state index < -0.39 is 9.84 Å². The van der Waals surface area contributed by atoms with Crippen LogP contribution in [0, 0.1) is 18.3 Å². The van der Waals surface area contributed by atoms with Crippen molar-refractivity contribution in [1.29, 1.82) is 5.26 Å². The molecule has 0 aromatic carbocycles. The Morgan fingerprint density at radius 2 is 2.08 bits per heavy atom. The van der Waals surface area contributed by atoms with Gasteiger partial charge in [-0.15, -0.1) is 0 Å². The van der Waals surface area contributed by atoms with Crippen LogP contribution in [0.25, 0.3) is 0 Å². The van der Waals surface area contributed by atoms with Crippen LogP contribution in [0.5, 0.6) is 0 Å². The van der Waals surface area contributed by atoms with E-state index in [2.05, 4.69) is 4.98 Å². The van der Waals surface area contributed by atoms with E-state index in [1.54, 1.807) is 19.1 Å². The minimum Gasteiger partial charge on any atom is -0.240 e. The number of aryl methyl sites for hydroxylation is 1. The fraction of sp³-hybridized carbons (Fsp3) is 0.250. The lowest BCUT2D eigenvalue weighted by Crippen LogP contribution is -2.04. The molecule has 0 radical (unpaired) electrons. The average molecular weight is 196 g/mol. The van der Waals surface area contributed by atoms with Gasteiger partial charge in [0.15, 0.2) is 14.9 Å². The predicted octanol–water partition coefficient (Wildman–Crippen LogP) is 0.665. The van der Waals surface area contributed by atoms with Crippen molar-refractivity contribution in [2.45, 2.75) is 11.9 Å². The summed E-state index contributed by atoms with van der Waals surface area (Å²) in [5.74, 6) is 0. The second-order valence-electron chi connectivity index (χ2n) is 2.69. The first-order valence-electron chi connectivity index (χ1n) is 3.53. The quantitative estimate of drug-likeness (QED) is 0.661. The third-order valence-corrected chi connectivity index (χ3v) is 2.48. The number of nitrogens with zero attached hydrogens (tertiary/aromatic N) is 2. The molecule has 0 unspecified atom stereocenters. The van der Waals surface area contributed by atoms with Crippen molar-refractivity contribution in [2.24, 2.45) is 0 Å². The van der Waals surface area contributed by atoms with Crippen molar-refractivity contribution in [2.75, 3.05) is 6.26 Å². The first-order valence-corrected chi connectivity index (χ1v) is 5.42. The summed E-state index contributed by atoms with van der Waals surface area (Å²) >= 11 is 0. The van der Waals surface area contributed by atoms with Crippen LogP contribution in [0.15, 0.2) is 17.2 Å². The molecule has 1 rings (SSSR count). The number of sulfone groups is 1. The fourth-order valence-electron chi connectivity index (χ4n) is 0.901. The topological polar surface area (TPSA) is 70.8 Å². The van der Waals surface area contributed by atoms with Gasteiger partial charge in [0.05, 0.1) is 5.56 Å². The summed E-state index contributed by atoms with van der Waals surface area (Å²) in [6.07, 6.45) is 1.04. The van der Waals surface area contributed by atoms with E-state index in [0.717, 1.165) is 6.26 Å². The van der Waals surface area contributed by atoms with Gasteiger partial charge in [-0.25, -0.2) is 13.4 Å². The standard InChI is InChI=1S/C8H8N2O2S/c1-6-3-4-7(5-9)8(10-6)13(2,11)12/h3-4H,1-2H3. The number of pyridine rings is 1. The van der Waals surface area contributed by atoms with Gasteiger partial charge in [-0.2, -0.15) is 5.26 Å². The van der Waals surface area contributed by atoms with E-state index in [4.69, 9.17) is 5.26 Å². The maximum atomic E-state index is 11.2. The van der Waals surface area contributed by atoms with Gasteiger partial charge in [0.2, 0.25) is 0 Å². The second kappa shape index (κ2) is 3.15. The highest BCUT2D eigenvalue weighted by Crippen LogP contribution is 2.12. The molecular formula is C8H8N2O2S. The largest absolute Gasteiger partial charge is 0.240 e. The van der Waals surface area contributed by atoms with Crippen molar-refractivity contribution in [3.05, 3.63) is 23.4 Å². The van der Waals surface area contributed by atoms with Crippen LogP contribution in [0.2, 0.25) is 0 Å². The van der Waals surface area contributed by atoms with E-state index in [-0.39, 0.29) is 10.6 Å². The zero-order valence-corrected chi connectivity index (χ0v) is 8.09. The van der Waals surface area contributed by atoms with Gasteiger partial charge in [0.25, 0.3) is 0 Å². The smallest absolute Gasteiger partial charge is 0.194 e. The van der Waals surface area contributed by atoms with Gasteiger partial charge in [-0.05, 0) is 19.1 Å². The molecule has 0 bridgehead atoms. The molecule has 0 aliphatic carbocycles. The third kappa shape index (κ3) is 2.04. The molecule has 0 atom stereocenters. The van der Waals surface area contributed by atoms with Gasteiger partial charge < -0.3 is 0 Å². The van der Waals surface area contributed by atoms with Gasteiger partial charge in [0.1, 0.15) is 6.07 Å². The van der Waals surface area contributed by atoms with Crippen molar-refractivity contribution in [1.82, 2.24) is 4.98 Å². The highest BCUT2D eigenvalue weighted by molar-refractivity contribution is 7.90. The molecule has 0 saturated heterocycles. The summed E-state index contributed by atoms with van der Waals surface area (Å²) in [6.45, 7) is 1.68. The fourth-order valence-corrected chi connectivity index (χ4v) is 1.72. The highest BCUT2D eigenvalue weighted by atomic mass is 32.2. The molecule has 0 N–H and O–H groups in total. The Morgan fingerprint density at radius 3 is 2.54 bits per heavy atom. The monoisotopic (exact) mass is 196 g/mol. The van der Waals surface area contributed by atoms with Gasteiger partial charge >= 0.3 is 0 Å². The number of hydrogen-bond acceptors (Lipinski definition) is 4. The Morgan fingerprint density at radius 1 is 1.46 bits per heavy atom. The number of nitriles is 1. The molecule has 5 heteroatoms. The van der Waals surface area contributed by atoms with Crippen molar-refractivity contribution in [3.63, 3.8) is 0 Å². The van der Waals surface area contributed by atoms with E-state index >= 15 is 0 Å². The molecule has 1 aromatic heterocycles. The molecule has 1 aromatic rings. The third-order valence-electron chi connectivity index (χ3n) is 1.47. The van der Waals surface area contributed by atoms with Crippen LogP contribution in [0.4, 0.5) is 0 Å². The number of hydrogen-bond donors (Lipinski definition) is 0. The Balaban J connectivity index is 3.53. The van der Waals surface area contributed by atoms with Gasteiger partial charge in [-0.1, -0.05) is 0 Å². The maximum absolute atomic E-state index is 11.2. The van der Waals surface area contributed by atoms with Crippen molar-refractivity contribution < 1.29 is 8.42 Å². The normalized spacial score (nSPS) is 10.8. The lowest BCUT2D eigenvalue weighted by molar-refractivity contribution is 0.597. The minimum atomic E-state index is -3.40. The van der Waals surface area contributed by atoms with Crippen molar-refractivity contribution >= 4 is 9.84 Å². The Labute approximate surface area is 76.8 Å². The van der Waals surface area contributed by atoms with Crippen LogP contribution in [-0.4, -0.2) is 19.7 Å². The van der Waals surface area contributed by atoms with Crippen LogP contribution in [0.3, 0.4) is 0 Å². The predicted molar refractivity (Wildman–Crippen MR) is 46.8 cm³/mol. The zero-order valence-electron chi connectivity index (χ0n) is 7.27. The summed E-state index contributed by atoms with van der Waals surface area (Å²) in [5, 5.41) is 8.47. The summed E-state index contributed by atoms with van der Waals surface area (Å²) in [6, 6.07) is 4.85. The lowest BCUT2D eigenvalue weighted by Gasteiger charge is -2.00. The molecule has 0 aliphatic rings. The molecule has 0 aliphatic heterocycles. The maximum Gasteiger partial charge on any atom is 0.194 e. The Kier molecular flexibility index (Phi) is 2.34. The van der Waals surface area contributed by atoms with Gasteiger partial charge in [-0.3, -0.25) is 0 Å². The minimum absolute atomic E-state index is 0.0908. The average Bonchev–Trinajstić information content (AvgIpc) is 2.03. The molecule has 1 heterocycles. The highest BCUT2D eigenvalue weighted by Gasteiger charge is 2.14. The van der Waals surface area contributed by atoms with Gasteiger partial charge in [0, 0.05) is 11.9 Å². The summed E-state index contributed by atoms with van der Waals surface area (Å²) in [7, 11) is -3.40. The molecular weight excluding hydrogens is 188 g/mol. The first kappa shape index (κ1) is 9.68. The van der Waals surface area contributed by atoms with Crippen LogP contribution < -0.4 is 0 Å². The summed E-state index contributed by atoms with van der Waals surface area (Å²) in [5.41, 5.74) is 0.674. The van der Waals surface area contributed by atoms with Crippen molar-refractivity contribution in [3.8, 4) is 6.07 Å². The molecule has 0 spiro atoms. The second-order valence-corrected chi connectivity index (χ2v) is 4.62. The molecule has 13 heavy (non-hydrogen) atoms. The van der Waals surface area contributed by atoms with E-state index in [1.165, 1.54) is 6.07 Å². The molecule has 4 nitrogen and oxygen atoms in total. The Hall–Kier alpha value is -1.41. The lowest BCUT2D eigenvalue weighted by atomic mass is 10.3. The number of rotatable bonds is 1. The summed E-state index contributed by atoms with van der Waals surface area (Å²) in [4.78, 5) is 3.80. The molecule has 68 valence electrons. The zero-order chi connectivity index (χ0) is 10.1. The summed E-state index contributed by atoms with van der Waals surface area (Å²) < 4.78 is 22.3. The Bertz CT molecular complexity index is 471. The molecule has 0 amide bonds. The van der Waals surface area contributed by atoms with Crippen LogP contribution in [0.1, 0.15) is 11.3 Å². The molecule has 0 saturated carbocycles.